The summed E-state index contributed by atoms with van der Waals surface area (Å²) in [6.07, 6.45) is 0. The van der Waals surface area contributed by atoms with Crippen LogP contribution in [-0.2, 0) is 10.1 Å². The average molecular weight is 344 g/mol. The molecule has 0 heterocycles. The first-order valence-corrected chi connectivity index (χ1v) is 8.92. The molecule has 0 aromatic heterocycles. The lowest BCUT2D eigenvalue weighted by Crippen LogP contribution is -2.07. The second-order valence-electron chi connectivity index (χ2n) is 4.74. The van der Waals surface area contributed by atoms with Crippen LogP contribution in [0.3, 0.4) is 0 Å². The van der Waals surface area contributed by atoms with Crippen LogP contribution in [0, 0.1) is 0 Å². The molecule has 1 atom stereocenters. The fraction of sp³-hybridized carbons (Fsp3) is 0. The average Bonchev–Trinajstić information content (AvgIpc) is 2.56. The molecule has 118 valence electrons. The highest BCUT2D eigenvalue weighted by atomic mass is 32.2. The van der Waals surface area contributed by atoms with Gasteiger partial charge in [-0.3, -0.25) is 4.55 Å². The molecule has 3 aromatic carbocycles. The Bertz CT molecular complexity index is 810. The van der Waals surface area contributed by atoms with E-state index in [1.165, 1.54) is 17.2 Å². The van der Waals surface area contributed by atoms with Crippen molar-refractivity contribution in [1.82, 2.24) is 0 Å². The Morgan fingerprint density at radius 3 is 1.39 bits per heavy atom. The molecular weight excluding hydrogens is 327 g/mol. The van der Waals surface area contributed by atoms with Crippen molar-refractivity contribution in [2.24, 2.45) is 0 Å². The molecule has 3 nitrogen and oxygen atoms in total. The van der Waals surface area contributed by atoms with E-state index in [9.17, 15) is 8.42 Å². The highest BCUT2D eigenvalue weighted by Crippen LogP contribution is 2.17. The maximum atomic E-state index is 10.6. The summed E-state index contributed by atoms with van der Waals surface area (Å²) in [6.45, 7) is 0. The lowest BCUT2D eigenvalue weighted by atomic mass is 10.1. The topological polar surface area (TPSA) is 54.4 Å². The lowest BCUT2D eigenvalue weighted by molar-refractivity contribution is 0.484. The molecule has 0 saturated carbocycles. The predicted octanol–water partition coefficient (Wildman–Crippen LogP) is 3.79. The first-order chi connectivity index (χ1) is 11.0. The molecule has 0 radical (unpaired) electrons. The Balaban J connectivity index is 0.000000168. The van der Waals surface area contributed by atoms with Gasteiger partial charge in [0.05, 0.1) is 0 Å². The minimum Gasteiger partial charge on any atom is -0.282 e. The van der Waals surface area contributed by atoms with Gasteiger partial charge in [-0.15, -0.1) is 9.24 Å². The summed E-state index contributed by atoms with van der Waals surface area (Å²) in [4.78, 5) is -0.0648. The van der Waals surface area contributed by atoms with Crippen molar-refractivity contribution < 1.29 is 13.0 Å². The summed E-state index contributed by atoms with van der Waals surface area (Å²) in [5.74, 6) is 0. The summed E-state index contributed by atoms with van der Waals surface area (Å²) >= 11 is 0. The number of hydrogen-bond acceptors (Lipinski definition) is 2. The van der Waals surface area contributed by atoms with Crippen LogP contribution in [0.2, 0.25) is 0 Å². The van der Waals surface area contributed by atoms with Crippen LogP contribution in [0.15, 0.2) is 89.8 Å². The van der Waals surface area contributed by atoms with Crippen molar-refractivity contribution in [3.8, 4) is 11.1 Å². The number of benzene rings is 3. The third-order valence-corrected chi connectivity index (χ3v) is 4.72. The van der Waals surface area contributed by atoms with Gasteiger partial charge in [-0.2, -0.15) is 8.42 Å². The molecule has 3 rings (SSSR count). The minimum atomic E-state index is -4.05. The maximum absolute atomic E-state index is 10.6. The summed E-state index contributed by atoms with van der Waals surface area (Å²) in [5, 5.41) is 0.468. The van der Waals surface area contributed by atoms with E-state index in [0.29, 0.717) is 5.30 Å². The molecule has 0 saturated heterocycles. The van der Waals surface area contributed by atoms with Gasteiger partial charge in [-0.05, 0) is 22.5 Å². The molecule has 0 fully saturated rings. The fourth-order valence-corrected chi connectivity index (χ4v) is 3.25. The van der Waals surface area contributed by atoms with E-state index in [1.807, 2.05) is 12.1 Å². The van der Waals surface area contributed by atoms with Gasteiger partial charge in [0.25, 0.3) is 10.1 Å². The van der Waals surface area contributed by atoms with Gasteiger partial charge in [0, 0.05) is 0 Å². The third kappa shape index (κ3) is 5.29. The SMILES string of the molecule is O=S(=O)(O)c1ccccc1P.c1ccc(-c2ccccc2)cc1. The van der Waals surface area contributed by atoms with E-state index >= 15 is 0 Å². The van der Waals surface area contributed by atoms with Gasteiger partial charge in [0.15, 0.2) is 0 Å². The molecule has 0 amide bonds. The standard InChI is InChI=1S/C12H10.C6H7O3PS/c1-3-7-11(8-4-1)12-9-5-2-6-10-12;7-11(8,9)6-4-2-1-3-5(6)10/h1-10H;1-4H,10H2,(H,7,8,9). The van der Waals surface area contributed by atoms with Crippen LogP contribution in [-0.4, -0.2) is 13.0 Å². The van der Waals surface area contributed by atoms with Gasteiger partial charge in [-0.25, -0.2) is 0 Å². The quantitative estimate of drug-likeness (QED) is 0.568. The zero-order valence-corrected chi connectivity index (χ0v) is 14.3. The molecule has 3 aromatic rings. The predicted molar refractivity (Wildman–Crippen MR) is 97.5 cm³/mol. The van der Waals surface area contributed by atoms with Gasteiger partial charge in [0.2, 0.25) is 0 Å². The van der Waals surface area contributed by atoms with Crippen LogP contribution in [0.1, 0.15) is 0 Å². The molecule has 23 heavy (non-hydrogen) atoms. The van der Waals surface area contributed by atoms with Crippen molar-refractivity contribution in [1.29, 1.82) is 0 Å². The van der Waals surface area contributed by atoms with Crippen molar-refractivity contribution in [3.63, 3.8) is 0 Å². The molecule has 5 heteroatoms. The van der Waals surface area contributed by atoms with Gasteiger partial charge < -0.3 is 0 Å². The summed E-state index contributed by atoms with van der Waals surface area (Å²) in [6, 6.07) is 27.0. The third-order valence-electron chi connectivity index (χ3n) is 3.08. The Morgan fingerprint density at radius 1 is 0.652 bits per heavy atom. The van der Waals surface area contributed by atoms with Gasteiger partial charge >= 0.3 is 0 Å². The summed E-state index contributed by atoms with van der Waals surface area (Å²) in [7, 11) is -1.82. The monoisotopic (exact) mass is 344 g/mol. The molecular formula is C18H17O3PS. The van der Waals surface area contributed by atoms with Gasteiger partial charge in [-0.1, -0.05) is 78.9 Å². The smallest absolute Gasteiger partial charge is 0.282 e. The second-order valence-corrected chi connectivity index (χ2v) is 6.76. The summed E-state index contributed by atoms with van der Waals surface area (Å²) < 4.78 is 29.8. The normalized spacial score (nSPS) is 10.5. The Labute approximate surface area is 139 Å². The van der Waals surface area contributed by atoms with Crippen LogP contribution in [0.5, 0.6) is 0 Å². The molecule has 0 aliphatic heterocycles. The molecule has 0 bridgehead atoms. The van der Waals surface area contributed by atoms with Crippen LogP contribution >= 0.6 is 9.24 Å². The van der Waals surface area contributed by atoms with E-state index in [-0.39, 0.29) is 4.90 Å². The lowest BCUT2D eigenvalue weighted by Gasteiger charge is -1.98. The van der Waals surface area contributed by atoms with Crippen molar-refractivity contribution in [3.05, 3.63) is 84.9 Å². The van der Waals surface area contributed by atoms with Crippen molar-refractivity contribution in [2.45, 2.75) is 4.90 Å². The second kappa shape index (κ2) is 8.02. The Kier molecular flexibility index (Phi) is 6.05. The molecule has 0 aliphatic rings. The highest BCUT2D eigenvalue weighted by Gasteiger charge is 2.10. The van der Waals surface area contributed by atoms with Crippen molar-refractivity contribution in [2.75, 3.05) is 0 Å². The fourth-order valence-electron chi connectivity index (χ4n) is 1.98. The first kappa shape index (κ1) is 17.4. The van der Waals surface area contributed by atoms with Crippen LogP contribution in [0.25, 0.3) is 11.1 Å². The number of rotatable bonds is 2. The highest BCUT2D eigenvalue weighted by molar-refractivity contribution is 7.86. The zero-order valence-electron chi connectivity index (χ0n) is 12.3. The molecule has 0 spiro atoms. The molecule has 1 N–H and O–H groups in total. The van der Waals surface area contributed by atoms with E-state index in [2.05, 4.69) is 57.8 Å². The van der Waals surface area contributed by atoms with Gasteiger partial charge in [0.1, 0.15) is 4.90 Å². The van der Waals surface area contributed by atoms with Crippen LogP contribution in [0.4, 0.5) is 0 Å². The van der Waals surface area contributed by atoms with E-state index in [0.717, 1.165) is 0 Å². The Morgan fingerprint density at radius 2 is 1.04 bits per heavy atom. The van der Waals surface area contributed by atoms with E-state index in [1.54, 1.807) is 18.2 Å². The zero-order chi connectivity index (χ0) is 16.7. The van der Waals surface area contributed by atoms with E-state index < -0.39 is 10.1 Å². The first-order valence-electron chi connectivity index (χ1n) is 6.91. The minimum absolute atomic E-state index is 0.0648. The molecule has 0 aliphatic carbocycles. The van der Waals surface area contributed by atoms with E-state index in [4.69, 9.17) is 4.55 Å². The molecule has 1 unspecified atom stereocenters. The summed E-state index contributed by atoms with van der Waals surface area (Å²) in [5.41, 5.74) is 2.55. The largest absolute Gasteiger partial charge is 0.295 e. The van der Waals surface area contributed by atoms with Crippen molar-refractivity contribution >= 4 is 24.7 Å². The Hall–Kier alpha value is -2.00. The number of hydrogen-bond donors (Lipinski definition) is 1. The van der Waals surface area contributed by atoms with Crippen LogP contribution < -0.4 is 5.30 Å². The maximum Gasteiger partial charge on any atom is 0.295 e.